The van der Waals surface area contributed by atoms with E-state index in [1.54, 1.807) is 23.1 Å². The van der Waals surface area contributed by atoms with Crippen molar-refractivity contribution >= 4 is 17.4 Å². The van der Waals surface area contributed by atoms with Crippen molar-refractivity contribution in [3.05, 3.63) is 70.8 Å². The summed E-state index contributed by atoms with van der Waals surface area (Å²) in [4.78, 5) is 30.6. The SMILES string of the molecule is CCCOc1cccc(/C(O)=C2\C(=O)C(=O)N(CCCN3CCOCC3)C2c2ccc(C(C)C)cc2)c1. The maximum Gasteiger partial charge on any atom is 0.295 e. The summed E-state index contributed by atoms with van der Waals surface area (Å²) in [6.07, 6.45) is 1.59. The Morgan fingerprint density at radius 1 is 1.08 bits per heavy atom. The number of hydrogen-bond donors (Lipinski definition) is 1. The van der Waals surface area contributed by atoms with Crippen molar-refractivity contribution in [2.24, 2.45) is 0 Å². The van der Waals surface area contributed by atoms with Crippen LogP contribution in [-0.4, -0.2) is 72.6 Å². The number of amides is 1. The molecule has 0 aliphatic carbocycles. The second-order valence-corrected chi connectivity index (χ2v) is 10.00. The molecule has 2 aromatic rings. The van der Waals surface area contributed by atoms with Gasteiger partial charge in [0.25, 0.3) is 11.7 Å². The second-order valence-electron chi connectivity index (χ2n) is 10.00. The van der Waals surface area contributed by atoms with Crippen molar-refractivity contribution in [1.82, 2.24) is 9.80 Å². The predicted octanol–water partition coefficient (Wildman–Crippen LogP) is 4.74. The molecule has 1 amide bonds. The maximum absolute atomic E-state index is 13.3. The van der Waals surface area contributed by atoms with Gasteiger partial charge in [0.2, 0.25) is 0 Å². The molecule has 2 saturated heterocycles. The van der Waals surface area contributed by atoms with Gasteiger partial charge < -0.3 is 19.5 Å². The van der Waals surface area contributed by atoms with Crippen molar-refractivity contribution in [2.45, 2.75) is 45.6 Å². The number of carbonyl (C=O) groups excluding carboxylic acids is 2. The van der Waals surface area contributed by atoms with Gasteiger partial charge in [-0.05, 0) is 42.0 Å². The highest BCUT2D eigenvalue weighted by Crippen LogP contribution is 2.40. The van der Waals surface area contributed by atoms with E-state index in [-0.39, 0.29) is 11.3 Å². The van der Waals surface area contributed by atoms with Crippen molar-refractivity contribution in [1.29, 1.82) is 0 Å². The number of likely N-dealkylation sites (tertiary alicyclic amines) is 1. The zero-order valence-electron chi connectivity index (χ0n) is 22.1. The molecule has 1 atom stereocenters. The molecule has 0 saturated carbocycles. The Hall–Kier alpha value is -3.16. The first-order valence-electron chi connectivity index (χ1n) is 13.3. The lowest BCUT2D eigenvalue weighted by Gasteiger charge is -2.29. The molecule has 0 bridgehead atoms. The van der Waals surface area contributed by atoms with Crippen LogP contribution in [0.25, 0.3) is 5.76 Å². The van der Waals surface area contributed by atoms with Gasteiger partial charge in [-0.25, -0.2) is 0 Å². The standard InChI is InChI=1S/C30H38N2O5/c1-4-17-37-25-8-5-7-24(20-25)28(33)26-27(23-11-9-22(10-12-23)21(2)3)32(30(35)29(26)34)14-6-13-31-15-18-36-19-16-31/h5,7-12,20-21,27,33H,4,6,13-19H2,1-3H3/b28-26+. The summed E-state index contributed by atoms with van der Waals surface area (Å²) in [5.41, 5.74) is 2.58. The first kappa shape index (κ1) is 26.9. The van der Waals surface area contributed by atoms with E-state index in [4.69, 9.17) is 9.47 Å². The number of rotatable bonds is 10. The topological polar surface area (TPSA) is 79.3 Å². The Kier molecular flexibility index (Phi) is 9.00. The smallest absolute Gasteiger partial charge is 0.295 e. The normalized spacial score (nSPS) is 20.1. The third-order valence-electron chi connectivity index (χ3n) is 7.02. The lowest BCUT2D eigenvalue weighted by Crippen LogP contribution is -2.38. The first-order valence-corrected chi connectivity index (χ1v) is 13.3. The highest BCUT2D eigenvalue weighted by Gasteiger charge is 2.45. The van der Waals surface area contributed by atoms with Crippen molar-refractivity contribution in [3.8, 4) is 5.75 Å². The molecular weight excluding hydrogens is 468 g/mol. The number of aliphatic hydroxyl groups excluding tert-OH is 1. The summed E-state index contributed by atoms with van der Waals surface area (Å²) in [6, 6.07) is 14.4. The number of Topliss-reactive ketones (excluding diaryl/α,β-unsaturated/α-hetero) is 1. The number of hydrogen-bond acceptors (Lipinski definition) is 6. The Bertz CT molecular complexity index is 1120. The van der Waals surface area contributed by atoms with E-state index < -0.39 is 17.7 Å². The lowest BCUT2D eigenvalue weighted by molar-refractivity contribution is -0.140. The van der Waals surface area contributed by atoms with E-state index in [1.807, 2.05) is 37.3 Å². The third-order valence-corrected chi connectivity index (χ3v) is 7.02. The van der Waals surface area contributed by atoms with E-state index in [1.165, 1.54) is 5.56 Å². The van der Waals surface area contributed by atoms with Gasteiger partial charge in [-0.15, -0.1) is 0 Å². The number of carbonyl (C=O) groups is 2. The molecule has 2 aliphatic rings. The molecule has 0 radical (unpaired) electrons. The van der Waals surface area contributed by atoms with Crippen LogP contribution in [-0.2, 0) is 14.3 Å². The minimum Gasteiger partial charge on any atom is -0.507 e. The van der Waals surface area contributed by atoms with E-state index in [0.717, 1.165) is 38.0 Å². The maximum atomic E-state index is 13.3. The molecule has 198 valence electrons. The molecule has 0 aromatic heterocycles. The number of nitrogens with zero attached hydrogens (tertiary/aromatic N) is 2. The summed E-state index contributed by atoms with van der Waals surface area (Å²) in [5.74, 6) is -0.418. The molecule has 2 aliphatic heterocycles. The van der Waals surface area contributed by atoms with Crippen LogP contribution in [0.1, 0.15) is 62.3 Å². The van der Waals surface area contributed by atoms with Crippen LogP contribution in [0, 0.1) is 0 Å². The van der Waals surface area contributed by atoms with Crippen LogP contribution in [0.4, 0.5) is 0 Å². The first-order chi connectivity index (χ1) is 17.9. The Morgan fingerprint density at radius 2 is 1.81 bits per heavy atom. The molecule has 0 spiro atoms. The lowest BCUT2D eigenvalue weighted by atomic mass is 9.93. The van der Waals surface area contributed by atoms with Crippen molar-refractivity contribution in [2.75, 3.05) is 46.0 Å². The third kappa shape index (κ3) is 6.22. The predicted molar refractivity (Wildman–Crippen MR) is 144 cm³/mol. The van der Waals surface area contributed by atoms with Crippen LogP contribution in [0.5, 0.6) is 5.75 Å². The molecular formula is C30H38N2O5. The van der Waals surface area contributed by atoms with Gasteiger partial charge in [-0.2, -0.15) is 0 Å². The minimum absolute atomic E-state index is 0.126. The average Bonchev–Trinajstić information content (AvgIpc) is 3.17. The molecule has 1 unspecified atom stereocenters. The molecule has 4 rings (SSSR count). The van der Waals surface area contributed by atoms with Crippen LogP contribution in [0.15, 0.2) is 54.1 Å². The Labute approximate surface area is 219 Å². The highest BCUT2D eigenvalue weighted by atomic mass is 16.5. The molecule has 7 heteroatoms. The number of aliphatic hydroxyl groups is 1. The zero-order chi connectivity index (χ0) is 26.4. The molecule has 2 aromatic carbocycles. The fourth-order valence-corrected chi connectivity index (χ4v) is 4.92. The highest BCUT2D eigenvalue weighted by molar-refractivity contribution is 6.46. The van der Waals surface area contributed by atoms with Crippen LogP contribution in [0.2, 0.25) is 0 Å². The molecule has 2 fully saturated rings. The summed E-state index contributed by atoms with van der Waals surface area (Å²) >= 11 is 0. The van der Waals surface area contributed by atoms with Crippen molar-refractivity contribution < 1.29 is 24.2 Å². The van der Waals surface area contributed by atoms with E-state index in [2.05, 4.69) is 18.7 Å². The van der Waals surface area contributed by atoms with E-state index in [0.29, 0.717) is 43.6 Å². The van der Waals surface area contributed by atoms with Gasteiger partial charge in [0.05, 0.1) is 31.4 Å². The fraction of sp³-hybridized carbons (Fsp3) is 0.467. The van der Waals surface area contributed by atoms with Gasteiger partial charge in [-0.3, -0.25) is 14.5 Å². The number of morpholine rings is 1. The number of benzene rings is 2. The number of ketones is 1. The monoisotopic (exact) mass is 506 g/mol. The molecule has 2 heterocycles. The van der Waals surface area contributed by atoms with Crippen LogP contribution < -0.4 is 4.74 Å². The van der Waals surface area contributed by atoms with Gasteiger partial charge in [0, 0.05) is 31.7 Å². The second kappa shape index (κ2) is 12.4. The summed E-state index contributed by atoms with van der Waals surface area (Å²) in [7, 11) is 0. The van der Waals surface area contributed by atoms with Gasteiger partial charge >= 0.3 is 0 Å². The Morgan fingerprint density at radius 3 is 2.49 bits per heavy atom. The Balaban J connectivity index is 1.67. The zero-order valence-corrected chi connectivity index (χ0v) is 22.1. The number of ether oxygens (including phenoxy) is 2. The largest absolute Gasteiger partial charge is 0.507 e. The quantitative estimate of drug-likeness (QED) is 0.285. The van der Waals surface area contributed by atoms with E-state index in [9.17, 15) is 14.7 Å². The van der Waals surface area contributed by atoms with Gasteiger partial charge in [-0.1, -0.05) is 57.2 Å². The molecule has 1 N–H and O–H groups in total. The van der Waals surface area contributed by atoms with Crippen LogP contribution in [0.3, 0.4) is 0 Å². The van der Waals surface area contributed by atoms with Gasteiger partial charge in [0.1, 0.15) is 11.5 Å². The molecule has 7 nitrogen and oxygen atoms in total. The summed E-state index contributed by atoms with van der Waals surface area (Å²) in [6.45, 7) is 11.2. The fourth-order valence-electron chi connectivity index (χ4n) is 4.92. The average molecular weight is 507 g/mol. The summed E-state index contributed by atoms with van der Waals surface area (Å²) < 4.78 is 11.2. The minimum atomic E-state index is -0.651. The van der Waals surface area contributed by atoms with E-state index >= 15 is 0 Å². The van der Waals surface area contributed by atoms with Crippen LogP contribution >= 0.6 is 0 Å². The molecule has 37 heavy (non-hydrogen) atoms. The van der Waals surface area contributed by atoms with Crippen molar-refractivity contribution in [3.63, 3.8) is 0 Å². The summed E-state index contributed by atoms with van der Waals surface area (Å²) in [5, 5.41) is 11.4. The van der Waals surface area contributed by atoms with Gasteiger partial charge in [0.15, 0.2) is 0 Å².